The van der Waals surface area contributed by atoms with Gasteiger partial charge in [0, 0.05) is 67.7 Å². The first kappa shape index (κ1) is 29.7. The number of carbonyl (C=O) groups excluding carboxylic acids is 2. The average molecular weight is 601 g/mol. The van der Waals surface area contributed by atoms with Gasteiger partial charge in [-0.25, -0.2) is 9.78 Å². The SMILES string of the molecule is COc1ccc(CN2Cc3c(C4CC4)ncc(Nc4ccc(C5CNCCN5C(=O)OC(C)(C)C)cn4)c3C2=O)c(OC)c1. The number of aromatic nitrogens is 2. The predicted octanol–water partition coefficient (Wildman–Crippen LogP) is 5.15. The zero-order valence-corrected chi connectivity index (χ0v) is 26.0. The topological polar surface area (TPSA) is 118 Å². The number of amides is 2. The molecule has 3 aromatic rings. The van der Waals surface area contributed by atoms with E-state index in [2.05, 4.69) is 15.6 Å². The van der Waals surface area contributed by atoms with Crippen LogP contribution in [0.1, 0.15) is 78.3 Å². The minimum Gasteiger partial charge on any atom is -0.497 e. The highest BCUT2D eigenvalue weighted by Gasteiger charge is 2.38. The number of carbonyl (C=O) groups is 2. The summed E-state index contributed by atoms with van der Waals surface area (Å²) >= 11 is 0. The van der Waals surface area contributed by atoms with E-state index in [1.165, 1.54) is 0 Å². The molecule has 0 spiro atoms. The number of rotatable bonds is 8. The Morgan fingerprint density at radius 1 is 1.09 bits per heavy atom. The van der Waals surface area contributed by atoms with Crippen LogP contribution in [-0.4, -0.2) is 71.2 Å². The van der Waals surface area contributed by atoms with Crippen molar-refractivity contribution >= 4 is 23.5 Å². The summed E-state index contributed by atoms with van der Waals surface area (Å²) in [5.74, 6) is 2.31. The lowest BCUT2D eigenvalue weighted by atomic mass is 10.0. The predicted molar refractivity (Wildman–Crippen MR) is 165 cm³/mol. The van der Waals surface area contributed by atoms with Crippen LogP contribution in [0.15, 0.2) is 42.7 Å². The van der Waals surface area contributed by atoms with Gasteiger partial charge in [0.15, 0.2) is 0 Å². The molecular weight excluding hydrogens is 560 g/mol. The third-order valence-electron chi connectivity index (χ3n) is 8.19. The fourth-order valence-electron chi connectivity index (χ4n) is 5.87. The average Bonchev–Trinajstić information content (AvgIpc) is 3.80. The number of hydrogen-bond acceptors (Lipinski definition) is 9. The van der Waals surface area contributed by atoms with E-state index in [9.17, 15) is 9.59 Å². The van der Waals surface area contributed by atoms with Crippen LogP contribution in [-0.2, 0) is 17.8 Å². The molecule has 1 saturated heterocycles. The molecule has 4 heterocycles. The van der Waals surface area contributed by atoms with Crippen molar-refractivity contribution in [3.8, 4) is 11.5 Å². The summed E-state index contributed by atoms with van der Waals surface area (Å²) in [5, 5.41) is 6.72. The molecule has 11 heteroatoms. The Morgan fingerprint density at radius 3 is 2.59 bits per heavy atom. The molecule has 0 bridgehead atoms. The lowest BCUT2D eigenvalue weighted by molar-refractivity contribution is 0.0117. The quantitative estimate of drug-likeness (QED) is 0.362. The van der Waals surface area contributed by atoms with E-state index >= 15 is 0 Å². The van der Waals surface area contributed by atoms with Crippen molar-refractivity contribution in [3.05, 3.63) is 70.7 Å². The number of nitrogens with zero attached hydrogens (tertiary/aromatic N) is 4. The van der Waals surface area contributed by atoms with Crippen LogP contribution in [0.25, 0.3) is 0 Å². The van der Waals surface area contributed by atoms with Gasteiger partial charge in [-0.2, -0.15) is 0 Å². The maximum absolute atomic E-state index is 13.9. The number of benzene rings is 1. The van der Waals surface area contributed by atoms with Gasteiger partial charge in [0.05, 0.1) is 37.7 Å². The zero-order chi connectivity index (χ0) is 31.0. The van der Waals surface area contributed by atoms with Crippen LogP contribution in [0.3, 0.4) is 0 Å². The Labute approximate surface area is 257 Å². The Bertz CT molecular complexity index is 1550. The van der Waals surface area contributed by atoms with Gasteiger partial charge < -0.3 is 29.7 Å². The molecule has 232 valence electrons. The Kier molecular flexibility index (Phi) is 8.06. The number of fused-ring (bicyclic) bond motifs is 1. The Hall–Kier alpha value is -4.38. The number of hydrogen-bond donors (Lipinski definition) is 2. The van der Waals surface area contributed by atoms with Crippen LogP contribution < -0.4 is 20.1 Å². The van der Waals surface area contributed by atoms with Crippen LogP contribution in [0.5, 0.6) is 11.5 Å². The summed E-state index contributed by atoms with van der Waals surface area (Å²) in [6.45, 7) is 8.35. The van der Waals surface area contributed by atoms with Crippen LogP contribution in [0.4, 0.5) is 16.3 Å². The van der Waals surface area contributed by atoms with E-state index in [1.807, 2.05) is 56.0 Å². The third-order valence-corrected chi connectivity index (χ3v) is 8.19. The van der Waals surface area contributed by atoms with Crippen molar-refractivity contribution in [2.75, 3.05) is 39.2 Å². The Balaban J connectivity index is 1.23. The first-order valence-electron chi connectivity index (χ1n) is 15.1. The van der Waals surface area contributed by atoms with E-state index in [1.54, 1.807) is 31.5 Å². The number of anilines is 2. The molecule has 2 N–H and O–H groups in total. The summed E-state index contributed by atoms with van der Waals surface area (Å²) in [6, 6.07) is 9.27. The van der Waals surface area contributed by atoms with Crippen LogP contribution in [0.2, 0.25) is 0 Å². The smallest absolute Gasteiger partial charge is 0.410 e. The summed E-state index contributed by atoms with van der Waals surface area (Å²) in [6.07, 6.45) is 5.37. The molecule has 11 nitrogen and oxygen atoms in total. The summed E-state index contributed by atoms with van der Waals surface area (Å²) < 4.78 is 16.6. The minimum absolute atomic E-state index is 0.0532. The molecular formula is C33H40N6O5. The van der Waals surface area contributed by atoms with Gasteiger partial charge in [-0.1, -0.05) is 6.07 Å². The lowest BCUT2D eigenvalue weighted by Crippen LogP contribution is -2.50. The normalized spacial score (nSPS) is 18.2. The highest BCUT2D eigenvalue weighted by molar-refractivity contribution is 6.04. The first-order valence-corrected chi connectivity index (χ1v) is 15.1. The van der Waals surface area contributed by atoms with Crippen LogP contribution in [0, 0.1) is 0 Å². The fourth-order valence-corrected chi connectivity index (χ4v) is 5.87. The molecule has 1 unspecified atom stereocenters. The molecule has 2 amide bonds. The van der Waals surface area contributed by atoms with E-state index in [-0.39, 0.29) is 18.0 Å². The Morgan fingerprint density at radius 2 is 1.91 bits per heavy atom. The van der Waals surface area contributed by atoms with Gasteiger partial charge in [0.25, 0.3) is 5.91 Å². The van der Waals surface area contributed by atoms with E-state index in [0.29, 0.717) is 67.2 Å². The first-order chi connectivity index (χ1) is 21.1. The summed E-state index contributed by atoms with van der Waals surface area (Å²) in [4.78, 5) is 39.9. The van der Waals surface area contributed by atoms with E-state index < -0.39 is 5.60 Å². The monoisotopic (exact) mass is 600 g/mol. The second-order valence-corrected chi connectivity index (χ2v) is 12.5. The van der Waals surface area contributed by atoms with Gasteiger partial charge in [-0.3, -0.25) is 14.7 Å². The highest BCUT2D eigenvalue weighted by atomic mass is 16.6. The van der Waals surface area contributed by atoms with Crippen molar-refractivity contribution < 1.29 is 23.8 Å². The number of methoxy groups -OCH3 is 2. The number of piperazine rings is 1. The number of ether oxygens (including phenoxy) is 3. The second-order valence-electron chi connectivity index (χ2n) is 12.5. The maximum atomic E-state index is 13.9. The van der Waals surface area contributed by atoms with Crippen molar-refractivity contribution in [1.82, 2.24) is 25.1 Å². The van der Waals surface area contributed by atoms with Gasteiger partial charge in [0.2, 0.25) is 0 Å². The molecule has 2 aliphatic heterocycles. The second kappa shape index (κ2) is 12.0. The fraction of sp³-hybridized carbons (Fsp3) is 0.455. The summed E-state index contributed by atoms with van der Waals surface area (Å²) in [7, 11) is 3.23. The van der Waals surface area contributed by atoms with E-state index in [0.717, 1.165) is 35.2 Å². The van der Waals surface area contributed by atoms with Crippen molar-refractivity contribution in [3.63, 3.8) is 0 Å². The standard InChI is InChI=1S/C33H40N6O5/c1-33(2,3)44-32(41)39-13-12-34-17-26(39)21-9-11-28(35-15-21)37-25-16-36-30(20-6-7-20)24-19-38(31(40)29(24)25)18-22-8-10-23(42-4)14-27(22)43-5/h8-11,14-16,20,26,34H,6-7,12-13,17-19H2,1-5H3,(H,35,37). The molecule has 1 saturated carbocycles. The minimum atomic E-state index is -0.574. The lowest BCUT2D eigenvalue weighted by Gasteiger charge is -2.37. The van der Waals surface area contributed by atoms with Gasteiger partial charge in [-0.15, -0.1) is 0 Å². The van der Waals surface area contributed by atoms with Crippen molar-refractivity contribution in [1.29, 1.82) is 0 Å². The van der Waals surface area contributed by atoms with Gasteiger partial charge in [-0.05, 0) is 57.4 Å². The van der Waals surface area contributed by atoms with Crippen molar-refractivity contribution in [2.45, 2.75) is 64.3 Å². The number of pyridine rings is 2. The molecule has 1 aromatic carbocycles. The van der Waals surface area contributed by atoms with Crippen molar-refractivity contribution in [2.24, 2.45) is 0 Å². The van der Waals surface area contributed by atoms with Gasteiger partial charge in [0.1, 0.15) is 22.9 Å². The van der Waals surface area contributed by atoms with Crippen LogP contribution >= 0.6 is 0 Å². The molecule has 3 aliphatic rings. The molecule has 1 aliphatic carbocycles. The van der Waals surface area contributed by atoms with Gasteiger partial charge >= 0.3 is 6.09 Å². The highest BCUT2D eigenvalue weighted by Crippen LogP contribution is 2.45. The molecule has 6 rings (SSSR count). The summed E-state index contributed by atoms with van der Waals surface area (Å²) in [5.41, 5.74) is 4.50. The molecule has 2 fully saturated rings. The molecule has 2 aromatic heterocycles. The molecule has 0 radical (unpaired) electrons. The molecule has 44 heavy (non-hydrogen) atoms. The largest absolute Gasteiger partial charge is 0.497 e. The maximum Gasteiger partial charge on any atom is 0.410 e. The van der Waals surface area contributed by atoms with E-state index in [4.69, 9.17) is 19.2 Å². The molecule has 1 atom stereocenters. The zero-order valence-electron chi connectivity index (χ0n) is 26.0. The number of nitrogens with one attached hydrogen (secondary N) is 2. The third kappa shape index (κ3) is 6.14.